The highest BCUT2D eigenvalue weighted by Crippen LogP contribution is 2.66. The van der Waals surface area contributed by atoms with E-state index in [2.05, 4.69) is 121 Å². The van der Waals surface area contributed by atoms with Crippen LogP contribution >= 0.6 is 0 Å². The van der Waals surface area contributed by atoms with Gasteiger partial charge in [0.25, 0.3) is 0 Å². The lowest BCUT2D eigenvalue weighted by Crippen LogP contribution is -2.11. The van der Waals surface area contributed by atoms with Gasteiger partial charge in [0.2, 0.25) is 29.4 Å². The minimum Gasteiger partial charge on any atom is -0.494 e. The molecule has 0 bridgehead atoms. The monoisotopic (exact) mass is 939 g/mol. The van der Waals surface area contributed by atoms with Crippen molar-refractivity contribution in [3.8, 4) is 86.0 Å². The Hall–Kier alpha value is -9.98. The molecule has 0 radical (unpaired) electrons. The summed E-state index contributed by atoms with van der Waals surface area (Å²) < 4.78 is 15.1. The van der Waals surface area contributed by atoms with Gasteiger partial charge in [-0.25, -0.2) is 9.13 Å². The van der Waals surface area contributed by atoms with Gasteiger partial charge in [0.05, 0.1) is 79.0 Å². The quantitative estimate of drug-likeness (QED) is 0.105. The van der Waals surface area contributed by atoms with Gasteiger partial charge in [-0.15, -0.1) is 5.10 Å². The Morgan fingerprint density at radius 3 is 1.10 bits per heavy atom. The summed E-state index contributed by atoms with van der Waals surface area (Å²) in [5.41, 5.74) is 9.76. The molecule has 0 spiro atoms. The fraction of sp³-hybridized carbons (Fsp3) is 0.0169. The number of aliphatic hydroxyl groups excluding tert-OH is 1. The van der Waals surface area contributed by atoms with E-state index in [1.165, 1.54) is 4.57 Å². The molecule has 13 heteroatoms. The summed E-state index contributed by atoms with van der Waals surface area (Å²) >= 11 is 0. The van der Waals surface area contributed by atoms with Crippen molar-refractivity contribution in [2.24, 2.45) is 0 Å². The van der Waals surface area contributed by atoms with Crippen LogP contribution in [0.1, 0.15) is 5.56 Å². The lowest BCUT2D eigenvalue weighted by molar-refractivity contribution is 0.282. The maximum atomic E-state index is 13.0. The number of benzene rings is 8. The van der Waals surface area contributed by atoms with E-state index in [4.69, 9.17) is 4.42 Å². The van der Waals surface area contributed by atoms with Crippen LogP contribution in [0.25, 0.3) is 128 Å². The van der Waals surface area contributed by atoms with Gasteiger partial charge in [-0.05, 0) is 66.2 Å². The molecular weight excluding hydrogens is 903 g/mol. The summed E-state index contributed by atoms with van der Waals surface area (Å²) in [6, 6.07) is 60.4. The molecule has 72 heavy (non-hydrogen) atoms. The highest BCUT2D eigenvalue weighted by atomic mass is 16.4. The molecule has 0 saturated carbocycles. The van der Waals surface area contributed by atoms with Crippen LogP contribution in [0.5, 0.6) is 23.5 Å². The van der Waals surface area contributed by atoms with Gasteiger partial charge in [0.15, 0.2) is 0 Å². The average molecular weight is 940 g/mol. The Bertz CT molecular complexity index is 4280. The summed E-state index contributed by atoms with van der Waals surface area (Å²) in [4.78, 5) is 0. The fourth-order valence-corrected chi connectivity index (χ4v) is 11.4. The number of hydrogen-bond acceptors (Lipinski definition) is 8. The van der Waals surface area contributed by atoms with Gasteiger partial charge in [-0.3, -0.25) is 0 Å². The third-order valence-electron chi connectivity index (χ3n) is 14.5. The summed E-state index contributed by atoms with van der Waals surface area (Å²) in [6.45, 7) is -0.133. The maximum Gasteiger partial charge on any atom is 0.332 e. The number of nitrogens with zero attached hydrogens (tertiary/aromatic N) is 7. The van der Waals surface area contributed by atoms with E-state index in [0.717, 1.165) is 75.7 Å². The van der Waals surface area contributed by atoms with Gasteiger partial charge < -0.3 is 43.7 Å². The molecule has 6 heterocycles. The molecule has 13 nitrogen and oxygen atoms in total. The molecule has 14 aromatic rings. The fourth-order valence-electron chi connectivity index (χ4n) is 11.4. The van der Waals surface area contributed by atoms with E-state index in [0.29, 0.717) is 28.2 Å². The number of fused-ring (bicyclic) bond motifs is 13. The topological polar surface area (TPSA) is 165 Å². The van der Waals surface area contributed by atoms with Crippen molar-refractivity contribution in [2.45, 2.75) is 6.61 Å². The largest absolute Gasteiger partial charge is 0.494 e. The molecule has 0 unspecified atom stereocenters. The van der Waals surface area contributed by atoms with Crippen LogP contribution in [0.2, 0.25) is 0 Å². The van der Waals surface area contributed by atoms with Crippen LogP contribution in [0.15, 0.2) is 186 Å². The number of hydrogen-bond donors (Lipinski definition) is 5. The first-order valence-corrected chi connectivity index (χ1v) is 23.4. The zero-order valence-electron chi connectivity index (χ0n) is 37.8. The molecule has 344 valence electrons. The number of aromatic hydroxyl groups is 4. The zero-order valence-corrected chi connectivity index (χ0v) is 37.8. The average Bonchev–Trinajstić information content (AvgIpc) is 4.24. The van der Waals surface area contributed by atoms with Crippen LogP contribution < -0.4 is 0 Å². The summed E-state index contributed by atoms with van der Waals surface area (Å²) in [5, 5.41) is 74.1. The molecule has 5 N–H and O–H groups in total. The second-order valence-corrected chi connectivity index (χ2v) is 18.2. The first-order valence-electron chi connectivity index (χ1n) is 23.4. The Labute approximate surface area is 407 Å². The molecule has 0 saturated heterocycles. The maximum absolute atomic E-state index is 13.0. The predicted molar refractivity (Wildman–Crippen MR) is 278 cm³/mol. The molecule has 8 aromatic carbocycles. The van der Waals surface area contributed by atoms with Crippen LogP contribution in [0, 0.1) is 0 Å². The molecule has 0 aliphatic heterocycles. The zero-order chi connectivity index (χ0) is 48.1. The van der Waals surface area contributed by atoms with Crippen molar-refractivity contribution < 1.29 is 29.9 Å². The van der Waals surface area contributed by atoms with E-state index in [1.54, 1.807) is 24.3 Å². The molecular formula is C59H37N7O6. The van der Waals surface area contributed by atoms with E-state index < -0.39 is 11.8 Å². The smallest absolute Gasteiger partial charge is 0.332 e. The normalized spacial score (nSPS) is 12.2. The Morgan fingerprint density at radius 2 is 0.722 bits per heavy atom. The van der Waals surface area contributed by atoms with Crippen molar-refractivity contribution >= 4 is 65.4 Å². The Balaban J connectivity index is 1.06. The van der Waals surface area contributed by atoms with Crippen molar-refractivity contribution in [1.82, 2.24) is 33.0 Å². The molecule has 1 aliphatic carbocycles. The van der Waals surface area contributed by atoms with Crippen LogP contribution in [-0.4, -0.2) is 58.6 Å². The SMILES string of the molecule is OCc1ccc(-c2nnc(-n3c(O)c4c(c3O)-c3c-4c(O)n(-c4c(-n5c6ccccc6c6ccccc65)cc(-n5c6ccccc6c6ccccc65)cc4-n4c5ccccc5c5ccccc54)c3O)o2)cc1. The minimum atomic E-state index is -0.472. The second kappa shape index (κ2) is 14.5. The van der Waals surface area contributed by atoms with Gasteiger partial charge in [0.1, 0.15) is 5.69 Å². The van der Waals surface area contributed by atoms with E-state index in [-0.39, 0.29) is 52.5 Å². The van der Waals surface area contributed by atoms with Crippen molar-refractivity contribution in [1.29, 1.82) is 0 Å². The van der Waals surface area contributed by atoms with Gasteiger partial charge in [0, 0.05) is 37.9 Å². The van der Waals surface area contributed by atoms with Gasteiger partial charge in [-0.2, -0.15) is 0 Å². The number of aliphatic hydroxyl groups is 1. The molecule has 0 amide bonds. The first-order chi connectivity index (χ1) is 35.4. The highest BCUT2D eigenvalue weighted by Gasteiger charge is 2.45. The van der Waals surface area contributed by atoms with E-state index >= 15 is 0 Å². The molecule has 0 atom stereocenters. The lowest BCUT2D eigenvalue weighted by Gasteiger charge is -2.23. The third-order valence-corrected chi connectivity index (χ3v) is 14.5. The van der Waals surface area contributed by atoms with Crippen molar-refractivity contribution in [3.63, 3.8) is 0 Å². The second-order valence-electron chi connectivity index (χ2n) is 18.2. The van der Waals surface area contributed by atoms with Crippen molar-refractivity contribution in [2.75, 3.05) is 0 Å². The first kappa shape index (κ1) is 40.0. The molecule has 0 fully saturated rings. The third kappa shape index (κ3) is 5.17. The predicted octanol–water partition coefficient (Wildman–Crippen LogP) is 12.6. The van der Waals surface area contributed by atoms with Gasteiger partial charge >= 0.3 is 6.01 Å². The summed E-state index contributed by atoms with van der Waals surface area (Å²) in [7, 11) is 0. The molecule has 6 aromatic heterocycles. The summed E-state index contributed by atoms with van der Waals surface area (Å²) in [6.07, 6.45) is 0. The summed E-state index contributed by atoms with van der Waals surface area (Å²) in [5.74, 6) is -1.57. The van der Waals surface area contributed by atoms with E-state index in [1.807, 2.05) is 60.7 Å². The molecule has 1 aliphatic rings. The van der Waals surface area contributed by atoms with Crippen molar-refractivity contribution in [3.05, 3.63) is 188 Å². The Kier molecular flexibility index (Phi) is 8.06. The van der Waals surface area contributed by atoms with Crippen LogP contribution in [0.3, 0.4) is 0 Å². The minimum absolute atomic E-state index is 0.0971. The standard InChI is InChI=1S/C59H37N7O6/c67-31-32-25-27-33(28-26-32)54-60-61-59(72-54)66-57(70)51-49-50(52(51)58(66)71)56(69)65(55(49)68)53-47(63-43-21-9-3-15-37(43)38-16-4-10-22-44(38)63)29-34(62-41-19-7-1-13-35(41)36-14-2-8-20-42(36)62)30-48(53)64-45-23-11-5-17-39(45)40-18-6-12-24-46(40)64/h1-30,67-71H,31H2. The number of rotatable bonds is 7. The van der Waals surface area contributed by atoms with Gasteiger partial charge in [-0.1, -0.05) is 126 Å². The van der Waals surface area contributed by atoms with E-state index in [9.17, 15) is 25.5 Å². The highest BCUT2D eigenvalue weighted by molar-refractivity contribution is 6.15. The van der Waals surface area contributed by atoms with Crippen LogP contribution in [0.4, 0.5) is 0 Å². The molecule has 15 rings (SSSR count). The van der Waals surface area contributed by atoms with Crippen LogP contribution in [-0.2, 0) is 6.61 Å². The number of aromatic nitrogens is 7. The lowest BCUT2D eigenvalue weighted by atomic mass is 9.86. The Morgan fingerprint density at radius 1 is 0.375 bits per heavy atom. The number of para-hydroxylation sites is 6.